The fraction of sp³-hybridized carbons (Fsp3) is 0.571. The van der Waals surface area contributed by atoms with E-state index in [0.29, 0.717) is 28.7 Å². The van der Waals surface area contributed by atoms with E-state index in [2.05, 4.69) is 10.3 Å². The Balaban J connectivity index is 1.34. The molecule has 1 aliphatic carbocycles. The molecule has 0 bridgehead atoms. The van der Waals surface area contributed by atoms with E-state index >= 15 is 0 Å². The number of halogens is 2. The highest BCUT2D eigenvalue weighted by atomic mass is 35.5. The van der Waals surface area contributed by atoms with Crippen molar-refractivity contribution >= 4 is 34.9 Å². The molecular formula is C21H27Cl2N5O4. The molecule has 1 saturated heterocycles. The van der Waals surface area contributed by atoms with Crippen molar-refractivity contribution in [2.45, 2.75) is 58.1 Å². The van der Waals surface area contributed by atoms with E-state index < -0.39 is 5.60 Å². The predicted octanol–water partition coefficient (Wildman–Crippen LogP) is 4.37. The lowest BCUT2D eigenvalue weighted by Crippen LogP contribution is -2.53. The molecule has 11 heteroatoms. The van der Waals surface area contributed by atoms with E-state index in [4.69, 9.17) is 37.6 Å². The second kappa shape index (κ2) is 9.52. The molecule has 0 radical (unpaired) electrons. The number of hydrogen-bond acceptors (Lipinski definition) is 8. The monoisotopic (exact) mass is 483 g/mol. The summed E-state index contributed by atoms with van der Waals surface area (Å²) in [7, 11) is 0. The predicted molar refractivity (Wildman–Crippen MR) is 119 cm³/mol. The Morgan fingerprint density at radius 1 is 1.19 bits per heavy atom. The number of carbonyl (C=O) groups excluding carboxylic acids is 1. The second-order valence-electron chi connectivity index (χ2n) is 8.96. The van der Waals surface area contributed by atoms with Crippen LogP contribution in [0.25, 0.3) is 5.69 Å². The van der Waals surface area contributed by atoms with Crippen molar-refractivity contribution in [1.29, 1.82) is 0 Å². The van der Waals surface area contributed by atoms with Crippen LogP contribution in [-0.4, -0.2) is 51.1 Å². The maximum Gasteiger partial charge on any atom is 0.306 e. The quantitative estimate of drug-likeness (QED) is 0.559. The van der Waals surface area contributed by atoms with Gasteiger partial charge in [0, 0.05) is 17.5 Å². The largest absolute Gasteiger partial charge is 0.460 e. The molecule has 32 heavy (non-hydrogen) atoms. The molecule has 2 aliphatic rings. The van der Waals surface area contributed by atoms with Gasteiger partial charge in [0.1, 0.15) is 5.60 Å². The third-order valence-corrected chi connectivity index (χ3v) is 5.89. The van der Waals surface area contributed by atoms with Gasteiger partial charge in [-0.2, -0.15) is 5.06 Å². The minimum atomic E-state index is -0.458. The van der Waals surface area contributed by atoms with Crippen molar-refractivity contribution in [2.24, 2.45) is 5.92 Å². The summed E-state index contributed by atoms with van der Waals surface area (Å²) in [5.41, 5.74) is 0.943. The van der Waals surface area contributed by atoms with Crippen molar-refractivity contribution in [3.8, 4) is 5.69 Å². The van der Waals surface area contributed by atoms with E-state index in [1.807, 2.05) is 31.9 Å². The summed E-state index contributed by atoms with van der Waals surface area (Å²) in [6.07, 6.45) is 4.85. The number of hydroxylamine groups is 3. The highest BCUT2D eigenvalue weighted by molar-refractivity contribution is 6.31. The van der Waals surface area contributed by atoms with E-state index in [1.54, 1.807) is 28.1 Å². The maximum atomic E-state index is 12.0. The van der Waals surface area contributed by atoms with Crippen LogP contribution in [-0.2, 0) is 19.2 Å². The van der Waals surface area contributed by atoms with Crippen molar-refractivity contribution in [3.63, 3.8) is 0 Å². The van der Waals surface area contributed by atoms with Crippen LogP contribution in [0.2, 0.25) is 10.2 Å². The van der Waals surface area contributed by atoms with Crippen LogP contribution >= 0.6 is 23.2 Å². The summed E-state index contributed by atoms with van der Waals surface area (Å²) in [6, 6.07) is 5.57. The third-order valence-electron chi connectivity index (χ3n) is 5.49. The molecular weight excluding hydrogens is 457 g/mol. The zero-order valence-electron chi connectivity index (χ0n) is 18.3. The fourth-order valence-electron chi connectivity index (χ4n) is 3.87. The molecule has 2 atom stereocenters. The number of ether oxygens (including phenoxy) is 1. The molecule has 0 spiro atoms. The topological polar surface area (TPSA) is 82.0 Å². The van der Waals surface area contributed by atoms with Gasteiger partial charge in [-0.3, -0.25) is 14.5 Å². The van der Waals surface area contributed by atoms with Gasteiger partial charge < -0.3 is 4.74 Å². The van der Waals surface area contributed by atoms with Gasteiger partial charge in [-0.1, -0.05) is 28.4 Å². The zero-order valence-corrected chi connectivity index (χ0v) is 19.8. The van der Waals surface area contributed by atoms with Gasteiger partial charge in [-0.15, -0.1) is 5.10 Å². The minimum absolute atomic E-state index is 0.160. The van der Waals surface area contributed by atoms with Crippen LogP contribution < -0.4 is 5.06 Å². The van der Waals surface area contributed by atoms with E-state index in [0.717, 1.165) is 19.3 Å². The van der Waals surface area contributed by atoms with Crippen LogP contribution in [0.3, 0.4) is 0 Å². The van der Waals surface area contributed by atoms with Gasteiger partial charge in [0.15, 0.2) is 18.6 Å². The first kappa shape index (κ1) is 23.3. The summed E-state index contributed by atoms with van der Waals surface area (Å²) in [4.78, 5) is 24.0. The molecule has 174 valence electrons. The number of aromatic nitrogens is 3. The molecule has 0 amide bonds. The number of hydrogen-bond donors (Lipinski definition) is 0. The van der Waals surface area contributed by atoms with Crippen LogP contribution in [0.1, 0.15) is 46.5 Å². The first-order valence-electron chi connectivity index (χ1n) is 10.6. The van der Waals surface area contributed by atoms with Gasteiger partial charge >= 0.3 is 5.97 Å². The van der Waals surface area contributed by atoms with Crippen molar-refractivity contribution < 1.29 is 19.2 Å². The Labute approximate surface area is 197 Å². The van der Waals surface area contributed by atoms with Gasteiger partial charge in [0.2, 0.25) is 0 Å². The standard InChI is InChI=1S/C21H27Cl2N5O4/c1-21(2,3)32-20(29)9-5-14-4-7-16(14)27-12-31-28(13-30-27)18-10-15(22)6-8-17(18)26-11-19(23)24-25-26/h6,8,10-11,14,16H,4-5,7,9,12-13H2,1-3H3. The minimum Gasteiger partial charge on any atom is -0.460 e. The van der Waals surface area contributed by atoms with Crippen molar-refractivity contribution in [2.75, 3.05) is 18.5 Å². The summed E-state index contributed by atoms with van der Waals surface area (Å²) >= 11 is 12.1. The molecule has 1 aliphatic heterocycles. The zero-order chi connectivity index (χ0) is 22.9. The number of benzene rings is 1. The molecule has 2 heterocycles. The molecule has 2 fully saturated rings. The van der Waals surface area contributed by atoms with Gasteiger partial charge in [0.05, 0.1) is 17.6 Å². The Bertz CT molecular complexity index is 956. The number of rotatable bonds is 6. The number of esters is 1. The first-order chi connectivity index (χ1) is 15.2. The Hall–Kier alpha value is -1.91. The first-order valence-corrected chi connectivity index (χ1v) is 11.3. The highest BCUT2D eigenvalue weighted by Gasteiger charge is 2.39. The summed E-state index contributed by atoms with van der Waals surface area (Å²) in [5, 5.41) is 12.2. The Morgan fingerprint density at radius 2 is 2.00 bits per heavy atom. The van der Waals surface area contributed by atoms with E-state index in [9.17, 15) is 4.79 Å². The summed E-state index contributed by atoms with van der Waals surface area (Å²) < 4.78 is 6.97. The number of nitrogens with zero attached hydrogens (tertiary/aromatic N) is 5. The van der Waals surface area contributed by atoms with Crippen molar-refractivity contribution in [3.05, 3.63) is 34.6 Å². The number of carbonyl (C=O) groups is 1. The van der Waals surface area contributed by atoms with E-state index in [1.165, 1.54) is 0 Å². The average molecular weight is 484 g/mol. The summed E-state index contributed by atoms with van der Waals surface area (Å²) in [6.45, 7) is 6.09. The van der Waals surface area contributed by atoms with Crippen molar-refractivity contribution in [1.82, 2.24) is 20.1 Å². The number of anilines is 1. The molecule has 2 aromatic rings. The molecule has 1 aromatic heterocycles. The molecule has 1 aromatic carbocycles. The van der Waals surface area contributed by atoms with Crippen LogP contribution in [0.5, 0.6) is 0 Å². The lowest BCUT2D eigenvalue weighted by atomic mass is 9.76. The molecule has 2 unspecified atom stereocenters. The third kappa shape index (κ3) is 5.52. The molecule has 9 nitrogen and oxygen atoms in total. The van der Waals surface area contributed by atoms with Gasteiger partial charge in [0.25, 0.3) is 0 Å². The van der Waals surface area contributed by atoms with E-state index in [-0.39, 0.29) is 30.6 Å². The van der Waals surface area contributed by atoms with Gasteiger partial charge in [-0.05, 0) is 64.2 Å². The maximum absolute atomic E-state index is 12.0. The van der Waals surface area contributed by atoms with Crippen LogP contribution in [0, 0.1) is 5.92 Å². The fourth-order valence-corrected chi connectivity index (χ4v) is 4.17. The SMILES string of the molecule is CC(C)(C)OC(=O)CCC1CCC1N1CON(c2cc(Cl)ccc2-n2cc(Cl)nn2)CO1. The van der Waals surface area contributed by atoms with Crippen LogP contribution in [0.4, 0.5) is 5.69 Å². The second-order valence-corrected chi connectivity index (χ2v) is 9.78. The lowest BCUT2D eigenvalue weighted by Gasteiger charge is -2.46. The Kier molecular flexibility index (Phi) is 6.92. The Morgan fingerprint density at radius 3 is 2.59 bits per heavy atom. The smallest absolute Gasteiger partial charge is 0.306 e. The highest BCUT2D eigenvalue weighted by Crippen LogP contribution is 2.38. The summed E-state index contributed by atoms with van der Waals surface area (Å²) in [5.74, 6) is 0.212. The lowest BCUT2D eigenvalue weighted by molar-refractivity contribution is -0.301. The van der Waals surface area contributed by atoms with Gasteiger partial charge in [-0.25, -0.2) is 9.75 Å². The average Bonchev–Trinajstić information content (AvgIpc) is 3.12. The van der Waals surface area contributed by atoms with Crippen LogP contribution in [0.15, 0.2) is 24.4 Å². The normalized spacial score (nSPS) is 22.0. The molecule has 0 N–H and O–H groups in total. The molecule has 1 saturated carbocycles. The molecule has 4 rings (SSSR count).